The number of nitrogens with one attached hydrogen (secondary N) is 2. The van der Waals surface area contributed by atoms with Crippen molar-refractivity contribution >= 4 is 17.8 Å². The molecule has 134 valence electrons. The van der Waals surface area contributed by atoms with Gasteiger partial charge in [-0.15, -0.1) is 11.8 Å². The lowest BCUT2D eigenvalue weighted by Crippen LogP contribution is -2.35. The predicted molar refractivity (Wildman–Crippen MR) is 102 cm³/mol. The minimum absolute atomic E-state index is 0.0994. The molecule has 1 aromatic heterocycles. The number of hydrogen-bond donors (Lipinski definition) is 2. The SMILES string of the molecule is CC(C)Oc1ccc(CNC(=O)NCCCSc2ccccc2)cn1. The molecule has 0 atom stereocenters. The molecular weight excluding hydrogens is 334 g/mol. The van der Waals surface area contributed by atoms with E-state index >= 15 is 0 Å². The molecule has 2 aromatic rings. The summed E-state index contributed by atoms with van der Waals surface area (Å²) in [6.07, 6.45) is 2.74. The normalized spacial score (nSPS) is 10.5. The second-order valence-corrected chi connectivity index (χ2v) is 6.96. The Hall–Kier alpha value is -2.21. The zero-order chi connectivity index (χ0) is 17.9. The van der Waals surface area contributed by atoms with Gasteiger partial charge in [0.15, 0.2) is 0 Å². The summed E-state index contributed by atoms with van der Waals surface area (Å²) in [6.45, 7) is 5.02. The van der Waals surface area contributed by atoms with Crippen LogP contribution in [0.25, 0.3) is 0 Å². The van der Waals surface area contributed by atoms with Gasteiger partial charge in [0.05, 0.1) is 6.10 Å². The predicted octanol–water partition coefficient (Wildman–Crippen LogP) is 3.85. The molecule has 0 aliphatic carbocycles. The lowest BCUT2D eigenvalue weighted by Gasteiger charge is -2.10. The highest BCUT2D eigenvalue weighted by Gasteiger charge is 2.02. The lowest BCUT2D eigenvalue weighted by atomic mass is 10.3. The molecule has 5 nitrogen and oxygen atoms in total. The van der Waals surface area contributed by atoms with Crippen molar-refractivity contribution in [2.45, 2.75) is 37.8 Å². The van der Waals surface area contributed by atoms with Crippen molar-refractivity contribution in [3.8, 4) is 5.88 Å². The van der Waals surface area contributed by atoms with Crippen molar-refractivity contribution in [3.05, 3.63) is 54.2 Å². The number of rotatable bonds is 9. The van der Waals surface area contributed by atoms with E-state index in [-0.39, 0.29) is 12.1 Å². The zero-order valence-electron chi connectivity index (χ0n) is 14.7. The first kappa shape index (κ1) is 19.1. The number of pyridine rings is 1. The number of carbonyl (C=O) groups excluding carboxylic acids is 1. The van der Waals surface area contributed by atoms with Crippen molar-refractivity contribution in [1.29, 1.82) is 0 Å². The third kappa shape index (κ3) is 7.94. The van der Waals surface area contributed by atoms with Crippen molar-refractivity contribution in [1.82, 2.24) is 15.6 Å². The maximum absolute atomic E-state index is 11.8. The molecule has 0 bridgehead atoms. The molecule has 0 aliphatic heterocycles. The molecular formula is C19H25N3O2S. The molecule has 1 aromatic carbocycles. The van der Waals surface area contributed by atoms with Gasteiger partial charge < -0.3 is 15.4 Å². The van der Waals surface area contributed by atoms with Crippen LogP contribution in [0, 0.1) is 0 Å². The van der Waals surface area contributed by atoms with Crippen LogP contribution < -0.4 is 15.4 Å². The summed E-state index contributed by atoms with van der Waals surface area (Å²) in [6, 6.07) is 13.8. The number of amides is 2. The Morgan fingerprint density at radius 1 is 1.16 bits per heavy atom. The minimum atomic E-state index is -0.160. The maximum atomic E-state index is 11.8. The summed E-state index contributed by atoms with van der Waals surface area (Å²) >= 11 is 1.80. The second kappa shape index (κ2) is 10.6. The number of hydrogen-bond acceptors (Lipinski definition) is 4. The molecule has 2 amide bonds. The molecule has 1 heterocycles. The van der Waals surface area contributed by atoms with E-state index in [4.69, 9.17) is 4.74 Å². The van der Waals surface area contributed by atoms with Gasteiger partial charge in [-0.2, -0.15) is 0 Å². The van der Waals surface area contributed by atoms with Crippen LogP contribution in [0.1, 0.15) is 25.8 Å². The van der Waals surface area contributed by atoms with Crippen molar-refractivity contribution in [2.75, 3.05) is 12.3 Å². The molecule has 0 saturated carbocycles. The van der Waals surface area contributed by atoms with Gasteiger partial charge in [0.2, 0.25) is 5.88 Å². The van der Waals surface area contributed by atoms with Crippen molar-refractivity contribution < 1.29 is 9.53 Å². The highest BCUT2D eigenvalue weighted by Crippen LogP contribution is 2.17. The number of thioether (sulfide) groups is 1. The Bertz CT molecular complexity index is 633. The average Bonchev–Trinajstić information content (AvgIpc) is 2.61. The fraction of sp³-hybridized carbons (Fsp3) is 0.368. The van der Waals surface area contributed by atoms with Gasteiger partial charge in [0.1, 0.15) is 0 Å². The second-order valence-electron chi connectivity index (χ2n) is 5.80. The highest BCUT2D eigenvalue weighted by molar-refractivity contribution is 7.99. The van der Waals surface area contributed by atoms with Gasteiger partial charge in [-0.25, -0.2) is 9.78 Å². The smallest absolute Gasteiger partial charge is 0.315 e. The number of nitrogens with zero attached hydrogens (tertiary/aromatic N) is 1. The monoisotopic (exact) mass is 359 g/mol. The fourth-order valence-electron chi connectivity index (χ4n) is 2.05. The minimum Gasteiger partial charge on any atom is -0.475 e. The van der Waals surface area contributed by atoms with E-state index in [1.54, 1.807) is 18.0 Å². The Labute approximate surface area is 153 Å². The summed E-state index contributed by atoms with van der Waals surface area (Å²) in [5, 5.41) is 5.70. The van der Waals surface area contributed by atoms with E-state index in [1.807, 2.05) is 44.2 Å². The van der Waals surface area contributed by atoms with Crippen LogP contribution in [-0.4, -0.2) is 29.4 Å². The number of benzene rings is 1. The van der Waals surface area contributed by atoms with Crippen LogP contribution >= 0.6 is 11.8 Å². The average molecular weight is 359 g/mol. The Morgan fingerprint density at radius 3 is 2.64 bits per heavy atom. The molecule has 0 radical (unpaired) electrons. The van der Waals surface area contributed by atoms with Crippen molar-refractivity contribution in [2.24, 2.45) is 0 Å². The summed E-state index contributed by atoms with van der Waals surface area (Å²) in [4.78, 5) is 17.3. The summed E-state index contributed by atoms with van der Waals surface area (Å²) < 4.78 is 5.49. The van der Waals surface area contributed by atoms with Crippen LogP contribution in [0.2, 0.25) is 0 Å². The molecule has 0 spiro atoms. The van der Waals surface area contributed by atoms with E-state index in [9.17, 15) is 4.79 Å². The fourth-order valence-corrected chi connectivity index (χ4v) is 2.93. The van der Waals surface area contributed by atoms with Gasteiger partial charge >= 0.3 is 6.03 Å². The molecule has 0 unspecified atom stereocenters. The summed E-state index contributed by atoms with van der Waals surface area (Å²) in [7, 11) is 0. The number of aromatic nitrogens is 1. The molecule has 6 heteroatoms. The van der Waals surface area contributed by atoms with Gasteiger partial charge in [-0.3, -0.25) is 0 Å². The first-order valence-electron chi connectivity index (χ1n) is 8.44. The molecule has 0 saturated heterocycles. The Kier molecular flexibility index (Phi) is 8.12. The Balaban J connectivity index is 1.57. The van der Waals surface area contributed by atoms with Crippen LogP contribution in [0.3, 0.4) is 0 Å². The first-order valence-corrected chi connectivity index (χ1v) is 9.43. The number of urea groups is 1. The molecule has 2 N–H and O–H groups in total. The van der Waals surface area contributed by atoms with Crippen LogP contribution in [0.15, 0.2) is 53.6 Å². The van der Waals surface area contributed by atoms with E-state index in [1.165, 1.54) is 4.90 Å². The van der Waals surface area contributed by atoms with Gasteiger partial charge in [0, 0.05) is 30.2 Å². The summed E-state index contributed by atoms with van der Waals surface area (Å²) in [5.74, 6) is 1.57. The van der Waals surface area contributed by atoms with Crippen molar-refractivity contribution in [3.63, 3.8) is 0 Å². The number of ether oxygens (including phenoxy) is 1. The van der Waals surface area contributed by atoms with E-state index < -0.39 is 0 Å². The molecule has 0 fully saturated rings. The molecule has 25 heavy (non-hydrogen) atoms. The highest BCUT2D eigenvalue weighted by atomic mass is 32.2. The topological polar surface area (TPSA) is 63.2 Å². The van der Waals surface area contributed by atoms with Gasteiger partial charge in [-0.1, -0.05) is 24.3 Å². The number of carbonyl (C=O) groups is 1. The lowest BCUT2D eigenvalue weighted by molar-refractivity contribution is 0.232. The zero-order valence-corrected chi connectivity index (χ0v) is 15.5. The first-order chi connectivity index (χ1) is 12.1. The Morgan fingerprint density at radius 2 is 1.96 bits per heavy atom. The molecule has 2 rings (SSSR count). The third-order valence-electron chi connectivity index (χ3n) is 3.23. The quantitative estimate of drug-likeness (QED) is 0.527. The van der Waals surface area contributed by atoms with E-state index in [0.29, 0.717) is 19.0 Å². The standard InChI is InChI=1S/C19H25N3O2S/c1-15(2)24-18-10-9-16(13-21-18)14-22-19(23)20-11-6-12-25-17-7-4-3-5-8-17/h3-5,7-10,13,15H,6,11-12,14H2,1-2H3,(H2,20,22,23). The van der Waals surface area contributed by atoms with E-state index in [0.717, 1.165) is 17.7 Å². The largest absolute Gasteiger partial charge is 0.475 e. The van der Waals surface area contributed by atoms with Crippen LogP contribution in [0.5, 0.6) is 5.88 Å². The van der Waals surface area contributed by atoms with E-state index in [2.05, 4.69) is 27.8 Å². The van der Waals surface area contributed by atoms with Gasteiger partial charge in [0.25, 0.3) is 0 Å². The van der Waals surface area contributed by atoms with Crippen LogP contribution in [0.4, 0.5) is 4.79 Å². The molecule has 0 aliphatic rings. The summed E-state index contributed by atoms with van der Waals surface area (Å²) in [5.41, 5.74) is 0.936. The van der Waals surface area contributed by atoms with Crippen LogP contribution in [-0.2, 0) is 6.54 Å². The maximum Gasteiger partial charge on any atom is 0.315 e. The van der Waals surface area contributed by atoms with Gasteiger partial charge in [-0.05, 0) is 43.7 Å². The third-order valence-corrected chi connectivity index (χ3v) is 4.32.